The van der Waals surface area contributed by atoms with Crippen molar-refractivity contribution in [2.45, 2.75) is 19.8 Å². The zero-order valence-corrected chi connectivity index (χ0v) is 16.2. The van der Waals surface area contributed by atoms with E-state index in [2.05, 4.69) is 36.1 Å². The summed E-state index contributed by atoms with van der Waals surface area (Å²) in [4.78, 5) is 34.5. The molecule has 7 nitrogen and oxygen atoms in total. The van der Waals surface area contributed by atoms with Crippen LogP contribution in [0, 0.1) is 5.92 Å². The molecule has 3 rings (SSSR count). The second-order valence-electron chi connectivity index (χ2n) is 6.14. The molecule has 2 aromatic rings. The molecule has 0 atom stereocenters. The number of halogens is 1. The highest BCUT2D eigenvalue weighted by Gasteiger charge is 2.26. The summed E-state index contributed by atoms with van der Waals surface area (Å²) in [5, 5.41) is 3.66. The maximum absolute atomic E-state index is 12.2. The topological polar surface area (TPSA) is 84.4 Å². The zero-order valence-electron chi connectivity index (χ0n) is 14.6. The number of piperidine rings is 1. The van der Waals surface area contributed by atoms with Gasteiger partial charge in [-0.3, -0.25) is 9.59 Å². The van der Waals surface area contributed by atoms with E-state index in [1.165, 1.54) is 0 Å². The van der Waals surface area contributed by atoms with E-state index in [0.717, 1.165) is 34.3 Å². The molecule has 138 valence electrons. The number of rotatable bonds is 5. The monoisotopic (exact) mass is 420 g/mol. The minimum absolute atomic E-state index is 0.0720. The molecular weight excluding hydrogens is 400 g/mol. The number of nitrogens with zero attached hydrogens (tertiary/aromatic N) is 3. The van der Waals surface area contributed by atoms with Gasteiger partial charge in [-0.25, -0.2) is 9.97 Å². The Bertz CT molecular complexity index is 806. The van der Waals surface area contributed by atoms with Crippen molar-refractivity contribution in [1.82, 2.24) is 15.3 Å². The maximum Gasteiger partial charge on any atom is 0.325 e. The van der Waals surface area contributed by atoms with Crippen molar-refractivity contribution in [3.8, 4) is 0 Å². The van der Waals surface area contributed by atoms with Crippen molar-refractivity contribution in [2.75, 3.05) is 31.1 Å². The second-order valence-corrected chi connectivity index (χ2v) is 7.06. The number of esters is 1. The number of ether oxygens (including phenoxy) is 1. The first kappa shape index (κ1) is 18.6. The van der Waals surface area contributed by atoms with Crippen LogP contribution in [-0.2, 0) is 14.3 Å². The smallest absolute Gasteiger partial charge is 0.325 e. The highest BCUT2D eigenvalue weighted by atomic mass is 79.9. The van der Waals surface area contributed by atoms with E-state index >= 15 is 0 Å². The van der Waals surface area contributed by atoms with E-state index in [0.29, 0.717) is 19.4 Å². The molecule has 0 aliphatic carbocycles. The van der Waals surface area contributed by atoms with Crippen LogP contribution in [0.2, 0.25) is 0 Å². The van der Waals surface area contributed by atoms with Crippen LogP contribution in [0.25, 0.3) is 10.9 Å². The van der Waals surface area contributed by atoms with Gasteiger partial charge in [-0.05, 0) is 38.0 Å². The summed E-state index contributed by atoms with van der Waals surface area (Å²) in [6, 6.07) is 5.93. The number of hydrogen-bond acceptors (Lipinski definition) is 6. The lowest BCUT2D eigenvalue weighted by atomic mass is 9.95. The number of nitrogens with one attached hydrogen (secondary N) is 1. The number of carbonyl (C=O) groups excluding carboxylic acids is 2. The molecule has 2 heterocycles. The van der Waals surface area contributed by atoms with Gasteiger partial charge in [-0.1, -0.05) is 15.9 Å². The van der Waals surface area contributed by atoms with Crippen molar-refractivity contribution in [1.29, 1.82) is 0 Å². The van der Waals surface area contributed by atoms with E-state index in [-0.39, 0.29) is 18.4 Å². The third kappa shape index (κ3) is 4.30. The van der Waals surface area contributed by atoms with Gasteiger partial charge in [-0.2, -0.15) is 0 Å². The molecule has 0 saturated carbocycles. The first-order valence-corrected chi connectivity index (χ1v) is 9.46. The zero-order chi connectivity index (χ0) is 18.5. The van der Waals surface area contributed by atoms with Crippen LogP contribution < -0.4 is 10.2 Å². The van der Waals surface area contributed by atoms with Crippen LogP contribution in [0.1, 0.15) is 19.8 Å². The van der Waals surface area contributed by atoms with Crippen LogP contribution in [0.3, 0.4) is 0 Å². The number of hydrogen-bond donors (Lipinski definition) is 1. The molecule has 1 aromatic heterocycles. The number of amides is 1. The molecule has 0 radical (unpaired) electrons. The fourth-order valence-corrected chi connectivity index (χ4v) is 3.50. The van der Waals surface area contributed by atoms with Gasteiger partial charge < -0.3 is 15.0 Å². The van der Waals surface area contributed by atoms with Crippen molar-refractivity contribution in [3.05, 3.63) is 29.0 Å². The number of anilines is 1. The van der Waals surface area contributed by atoms with Gasteiger partial charge >= 0.3 is 5.97 Å². The Hall–Kier alpha value is -2.22. The average Bonchev–Trinajstić information content (AvgIpc) is 2.66. The lowest BCUT2D eigenvalue weighted by molar-refractivity contribution is -0.143. The highest BCUT2D eigenvalue weighted by Crippen LogP contribution is 2.29. The molecule has 0 spiro atoms. The third-order valence-electron chi connectivity index (χ3n) is 4.45. The van der Waals surface area contributed by atoms with Crippen LogP contribution in [0.4, 0.5) is 5.82 Å². The van der Waals surface area contributed by atoms with E-state index in [1.807, 2.05) is 18.2 Å². The summed E-state index contributed by atoms with van der Waals surface area (Å²) in [6.45, 7) is 3.45. The van der Waals surface area contributed by atoms with Crippen LogP contribution in [0.15, 0.2) is 29.0 Å². The summed E-state index contributed by atoms with van der Waals surface area (Å²) in [5.41, 5.74) is 0.896. The molecule has 1 fully saturated rings. The van der Waals surface area contributed by atoms with Gasteiger partial charge in [0.2, 0.25) is 5.91 Å². The molecule has 8 heteroatoms. The summed E-state index contributed by atoms with van der Waals surface area (Å²) in [5.74, 6) is 0.298. The second kappa shape index (κ2) is 8.44. The molecule has 1 amide bonds. The maximum atomic E-state index is 12.2. The number of benzene rings is 1. The van der Waals surface area contributed by atoms with Crippen molar-refractivity contribution >= 4 is 44.5 Å². The predicted molar refractivity (Wildman–Crippen MR) is 102 cm³/mol. The van der Waals surface area contributed by atoms with Crippen LogP contribution >= 0.6 is 15.9 Å². The lowest BCUT2D eigenvalue weighted by Crippen LogP contribution is -2.42. The molecular formula is C18H21BrN4O3. The fourth-order valence-electron chi connectivity index (χ4n) is 3.14. The summed E-state index contributed by atoms with van der Waals surface area (Å²) in [7, 11) is 0. The molecule has 0 unspecified atom stereocenters. The SMILES string of the molecule is CCOC(=O)CNC(=O)C1CCN(c2ncnc3ccc(Br)cc23)CC1. The van der Waals surface area contributed by atoms with Gasteiger partial charge in [0.1, 0.15) is 18.7 Å². The predicted octanol–water partition coefficient (Wildman–Crippen LogP) is 2.29. The van der Waals surface area contributed by atoms with E-state index in [1.54, 1.807) is 13.3 Å². The molecule has 26 heavy (non-hydrogen) atoms. The third-order valence-corrected chi connectivity index (χ3v) is 4.95. The first-order valence-electron chi connectivity index (χ1n) is 8.67. The minimum atomic E-state index is -0.406. The number of fused-ring (bicyclic) bond motifs is 1. The van der Waals surface area contributed by atoms with Gasteiger partial charge in [0, 0.05) is 28.9 Å². The lowest BCUT2D eigenvalue weighted by Gasteiger charge is -2.32. The first-order chi connectivity index (χ1) is 12.6. The number of aromatic nitrogens is 2. The van der Waals surface area contributed by atoms with Crippen molar-refractivity contribution < 1.29 is 14.3 Å². The van der Waals surface area contributed by atoms with Gasteiger partial charge in [0.25, 0.3) is 0 Å². The van der Waals surface area contributed by atoms with Crippen LogP contribution in [-0.4, -0.2) is 48.1 Å². The average molecular weight is 421 g/mol. The summed E-state index contributed by atoms with van der Waals surface area (Å²) in [6.07, 6.45) is 3.01. The Kier molecular flexibility index (Phi) is 6.03. The Morgan fingerprint density at radius 1 is 1.31 bits per heavy atom. The Balaban J connectivity index is 1.61. The van der Waals surface area contributed by atoms with E-state index < -0.39 is 5.97 Å². The standard InChI is InChI=1S/C18H21BrN4O3/c1-2-26-16(24)10-20-18(25)12-5-7-23(8-6-12)17-14-9-13(19)3-4-15(14)21-11-22-17/h3-4,9,11-12H,2,5-8,10H2,1H3,(H,20,25). The number of carbonyl (C=O) groups is 2. The fraction of sp³-hybridized carbons (Fsp3) is 0.444. The summed E-state index contributed by atoms with van der Waals surface area (Å²) < 4.78 is 5.81. The quantitative estimate of drug-likeness (QED) is 0.746. The molecule has 0 bridgehead atoms. The Labute approximate surface area is 160 Å². The molecule has 1 aliphatic heterocycles. The normalized spacial score (nSPS) is 15.1. The van der Waals surface area contributed by atoms with Crippen molar-refractivity contribution in [3.63, 3.8) is 0 Å². The van der Waals surface area contributed by atoms with Gasteiger partial charge in [-0.15, -0.1) is 0 Å². The largest absolute Gasteiger partial charge is 0.465 e. The van der Waals surface area contributed by atoms with Gasteiger partial charge in [0.15, 0.2) is 0 Å². The summed E-state index contributed by atoms with van der Waals surface area (Å²) >= 11 is 3.49. The molecule has 1 saturated heterocycles. The minimum Gasteiger partial charge on any atom is -0.465 e. The Morgan fingerprint density at radius 3 is 2.81 bits per heavy atom. The molecule has 1 aliphatic rings. The van der Waals surface area contributed by atoms with Crippen molar-refractivity contribution in [2.24, 2.45) is 5.92 Å². The van der Waals surface area contributed by atoms with E-state index in [9.17, 15) is 9.59 Å². The van der Waals surface area contributed by atoms with Crippen LogP contribution in [0.5, 0.6) is 0 Å². The van der Waals surface area contributed by atoms with Gasteiger partial charge in [0.05, 0.1) is 12.1 Å². The molecule has 1 N–H and O–H groups in total. The molecule has 1 aromatic carbocycles. The Morgan fingerprint density at radius 2 is 2.08 bits per heavy atom. The highest BCUT2D eigenvalue weighted by molar-refractivity contribution is 9.10. The van der Waals surface area contributed by atoms with E-state index in [4.69, 9.17) is 4.74 Å².